The van der Waals surface area contributed by atoms with Crippen LogP contribution in [0, 0.1) is 0 Å². The maximum absolute atomic E-state index is 10.3. The molecule has 0 saturated carbocycles. The van der Waals surface area contributed by atoms with Gasteiger partial charge in [-0.2, -0.15) is 0 Å². The Balaban J connectivity index is 0. The molecule has 0 amide bonds. The van der Waals surface area contributed by atoms with Gasteiger partial charge in [-0.25, -0.2) is 13.1 Å². The third kappa shape index (κ3) is 12.2. The zero-order valence-corrected chi connectivity index (χ0v) is 6.12. The van der Waals surface area contributed by atoms with Crippen LogP contribution in [0.2, 0.25) is 0 Å². The van der Waals surface area contributed by atoms with Gasteiger partial charge >= 0.3 is 29.6 Å². The summed E-state index contributed by atoms with van der Waals surface area (Å²) in [4.78, 5) is 0. The summed E-state index contributed by atoms with van der Waals surface area (Å²) >= 11 is 0. The van der Waals surface area contributed by atoms with Crippen LogP contribution in [-0.2, 0) is 10.0 Å². The van der Waals surface area contributed by atoms with E-state index in [1.54, 1.807) is 13.8 Å². The molecule has 0 spiro atoms. The van der Waals surface area contributed by atoms with E-state index in [4.69, 9.17) is 0 Å². The van der Waals surface area contributed by atoms with Gasteiger partial charge in [0.15, 0.2) is 0 Å². The second-order valence-electron chi connectivity index (χ2n) is 2.04. The number of nitrogens with one attached hydrogen (secondary N) is 1. The van der Waals surface area contributed by atoms with Gasteiger partial charge < -0.3 is 0 Å². The molecule has 0 saturated heterocycles. The van der Waals surface area contributed by atoms with Crippen LogP contribution in [0.1, 0.15) is 13.8 Å². The molecule has 0 atom stereocenters. The Morgan fingerprint density at radius 3 is 1.67 bits per heavy atom. The molecule has 52 valence electrons. The van der Waals surface area contributed by atoms with E-state index in [0.717, 1.165) is 6.26 Å². The van der Waals surface area contributed by atoms with Crippen LogP contribution in [-0.4, -0.2) is 50.3 Å². The Hall–Kier alpha value is 0.910. The van der Waals surface area contributed by atoms with Crippen molar-refractivity contribution < 1.29 is 8.42 Å². The first-order chi connectivity index (χ1) is 3.42. The minimum absolute atomic E-state index is 0. The Morgan fingerprint density at radius 2 is 1.67 bits per heavy atom. The van der Waals surface area contributed by atoms with E-state index in [1.165, 1.54) is 0 Å². The van der Waals surface area contributed by atoms with Crippen molar-refractivity contribution in [2.45, 2.75) is 19.9 Å². The van der Waals surface area contributed by atoms with E-state index in [0.29, 0.717) is 0 Å². The first kappa shape index (κ1) is 12.6. The van der Waals surface area contributed by atoms with Gasteiger partial charge in [-0.05, 0) is 13.8 Å². The van der Waals surface area contributed by atoms with Crippen LogP contribution >= 0.6 is 0 Å². The molecule has 0 bridgehead atoms. The Labute approximate surface area is 78.6 Å². The Morgan fingerprint density at radius 1 is 1.33 bits per heavy atom. The summed E-state index contributed by atoms with van der Waals surface area (Å²) < 4.78 is 23.0. The van der Waals surface area contributed by atoms with E-state index in [-0.39, 0.29) is 35.6 Å². The number of hydrogen-bond acceptors (Lipinski definition) is 2. The average Bonchev–Trinajstić information content (AvgIpc) is 1.21. The van der Waals surface area contributed by atoms with Gasteiger partial charge in [-0.15, -0.1) is 0 Å². The summed E-state index contributed by atoms with van der Waals surface area (Å²) in [6.45, 7) is 3.56. The maximum atomic E-state index is 10.3. The zero-order valence-electron chi connectivity index (χ0n) is 5.30. The van der Waals surface area contributed by atoms with Crippen LogP contribution in [0.15, 0.2) is 0 Å². The van der Waals surface area contributed by atoms with Gasteiger partial charge in [0.05, 0.1) is 6.26 Å². The van der Waals surface area contributed by atoms with Gasteiger partial charge in [0.2, 0.25) is 10.0 Å². The van der Waals surface area contributed by atoms with Crippen molar-refractivity contribution in [3.05, 3.63) is 0 Å². The number of sulfonamides is 1. The molecular weight excluding hydrogens is 149 g/mol. The fourth-order valence-corrected chi connectivity index (χ4v) is 1.28. The SMILES string of the molecule is CC(C)NS(C)(=O)=O.[NaH]. The summed E-state index contributed by atoms with van der Waals surface area (Å²) in [7, 11) is -2.97. The third-order valence-electron chi connectivity index (χ3n) is 0.450. The second-order valence-corrected chi connectivity index (χ2v) is 3.82. The fraction of sp³-hybridized carbons (Fsp3) is 1.00. The van der Waals surface area contributed by atoms with Crippen molar-refractivity contribution in [1.29, 1.82) is 0 Å². The molecule has 3 nitrogen and oxygen atoms in total. The minimum atomic E-state index is -2.97. The predicted octanol–water partition coefficient (Wildman–Crippen LogP) is -0.705. The molecular formula is C4H12NNaO2S. The van der Waals surface area contributed by atoms with E-state index in [1.807, 2.05) is 0 Å². The summed E-state index contributed by atoms with van der Waals surface area (Å²) in [5.41, 5.74) is 0. The van der Waals surface area contributed by atoms with Crippen LogP contribution in [0.25, 0.3) is 0 Å². The van der Waals surface area contributed by atoms with Crippen LogP contribution in [0.3, 0.4) is 0 Å². The number of hydrogen-bond donors (Lipinski definition) is 1. The molecule has 0 aromatic carbocycles. The molecule has 5 heteroatoms. The molecule has 0 aliphatic heterocycles. The third-order valence-corrected chi connectivity index (χ3v) is 1.35. The molecule has 0 unspecified atom stereocenters. The zero-order chi connectivity index (χ0) is 6.78. The van der Waals surface area contributed by atoms with Gasteiger partial charge in [0, 0.05) is 6.04 Å². The summed E-state index contributed by atoms with van der Waals surface area (Å²) in [6.07, 6.45) is 1.15. The average molecular weight is 161 g/mol. The van der Waals surface area contributed by atoms with Crippen molar-refractivity contribution in [1.82, 2.24) is 4.72 Å². The summed E-state index contributed by atoms with van der Waals surface area (Å²) in [6, 6.07) is 0.00463. The van der Waals surface area contributed by atoms with Crippen LogP contribution in [0.4, 0.5) is 0 Å². The molecule has 9 heavy (non-hydrogen) atoms. The van der Waals surface area contributed by atoms with Crippen LogP contribution in [0.5, 0.6) is 0 Å². The molecule has 0 aliphatic rings. The first-order valence-corrected chi connectivity index (χ1v) is 4.28. The summed E-state index contributed by atoms with van der Waals surface area (Å²) in [5, 5.41) is 0. The van der Waals surface area contributed by atoms with Crippen molar-refractivity contribution >= 4 is 39.6 Å². The molecule has 0 aromatic rings. The Bertz CT molecular complexity index is 152. The fourth-order valence-electron chi connectivity index (χ4n) is 0.428. The van der Waals surface area contributed by atoms with E-state index >= 15 is 0 Å². The van der Waals surface area contributed by atoms with Gasteiger partial charge in [-0.3, -0.25) is 0 Å². The van der Waals surface area contributed by atoms with Gasteiger partial charge in [-0.1, -0.05) is 0 Å². The molecule has 0 heterocycles. The molecule has 0 radical (unpaired) electrons. The van der Waals surface area contributed by atoms with Crippen molar-refractivity contribution in [3.8, 4) is 0 Å². The predicted molar refractivity (Wildman–Crippen MR) is 40.3 cm³/mol. The van der Waals surface area contributed by atoms with Crippen molar-refractivity contribution in [3.63, 3.8) is 0 Å². The quantitative estimate of drug-likeness (QED) is 0.544. The molecule has 0 fully saturated rings. The summed E-state index contributed by atoms with van der Waals surface area (Å²) in [5.74, 6) is 0. The normalized spacial score (nSPS) is 11.1. The Kier molecular flexibility index (Phi) is 6.54. The standard InChI is InChI=1S/C4H11NO2S.Na.H/c1-4(2)5-8(3,6)7;;/h4-5H,1-3H3;;. The van der Waals surface area contributed by atoms with E-state index < -0.39 is 10.0 Å². The van der Waals surface area contributed by atoms with E-state index in [2.05, 4.69) is 4.72 Å². The monoisotopic (exact) mass is 161 g/mol. The molecule has 0 aliphatic carbocycles. The topological polar surface area (TPSA) is 46.2 Å². The number of rotatable bonds is 2. The first-order valence-electron chi connectivity index (χ1n) is 2.39. The van der Waals surface area contributed by atoms with Gasteiger partial charge in [0.1, 0.15) is 0 Å². The van der Waals surface area contributed by atoms with Crippen molar-refractivity contribution in [2.24, 2.45) is 0 Å². The second kappa shape index (κ2) is 4.68. The van der Waals surface area contributed by atoms with Gasteiger partial charge in [0.25, 0.3) is 0 Å². The molecule has 0 rings (SSSR count). The molecule has 0 aromatic heterocycles. The van der Waals surface area contributed by atoms with E-state index in [9.17, 15) is 8.42 Å². The molecule has 1 N–H and O–H groups in total. The van der Waals surface area contributed by atoms with Crippen LogP contribution < -0.4 is 4.72 Å². The van der Waals surface area contributed by atoms with Crippen molar-refractivity contribution in [2.75, 3.05) is 6.26 Å².